The zero-order valence-electron chi connectivity index (χ0n) is 15.6. The molecule has 6 nitrogen and oxygen atoms in total. The molecule has 2 aliphatic rings. The number of rotatable bonds is 2. The topological polar surface area (TPSA) is 54.8 Å². The highest BCUT2D eigenvalue weighted by Crippen LogP contribution is 2.34. The lowest BCUT2D eigenvalue weighted by Gasteiger charge is -2.44. The lowest BCUT2D eigenvalue weighted by Crippen LogP contribution is -2.54. The fraction of sp³-hybridized carbons (Fsp3) is 0.500. The van der Waals surface area contributed by atoms with E-state index in [2.05, 4.69) is 0 Å². The third-order valence-electron chi connectivity index (χ3n) is 5.83. The molecule has 2 aliphatic heterocycles. The minimum Gasteiger partial charge on any atom is -0.381 e. The molecule has 2 aromatic rings. The van der Waals surface area contributed by atoms with Crippen LogP contribution in [0.3, 0.4) is 0 Å². The zero-order valence-corrected chi connectivity index (χ0v) is 16.4. The van der Waals surface area contributed by atoms with Gasteiger partial charge in [0.15, 0.2) is 0 Å². The quantitative estimate of drug-likeness (QED) is 0.796. The van der Waals surface area contributed by atoms with Crippen molar-refractivity contribution >= 4 is 23.2 Å². The molecule has 0 saturated carbocycles. The minimum absolute atomic E-state index is 0.0568. The van der Waals surface area contributed by atoms with Gasteiger partial charge in [-0.3, -0.25) is 9.59 Å². The summed E-state index contributed by atoms with van der Waals surface area (Å²) in [6, 6.07) is 5.90. The summed E-state index contributed by atoms with van der Waals surface area (Å²) in [5.74, 6) is 0.150. The molecular weight excluding hydrogens is 362 g/mol. The average molecular weight is 388 g/mol. The van der Waals surface area contributed by atoms with E-state index in [0.717, 1.165) is 29.8 Å². The Morgan fingerprint density at radius 2 is 1.81 bits per heavy atom. The van der Waals surface area contributed by atoms with Crippen molar-refractivity contribution in [1.29, 1.82) is 0 Å². The van der Waals surface area contributed by atoms with E-state index in [0.29, 0.717) is 32.8 Å². The maximum Gasteiger partial charge on any atom is 0.266 e. The number of nitrogens with zero attached hydrogens (tertiary/aromatic N) is 3. The van der Waals surface area contributed by atoms with Gasteiger partial charge in [-0.15, -0.1) is 11.3 Å². The summed E-state index contributed by atoms with van der Waals surface area (Å²) >= 11 is 1.48. The number of hydrogen-bond donors (Lipinski definition) is 0. The van der Waals surface area contributed by atoms with Crippen LogP contribution in [0.1, 0.15) is 35.9 Å². The molecule has 27 heavy (non-hydrogen) atoms. The molecule has 0 aromatic carbocycles. The van der Waals surface area contributed by atoms with E-state index in [1.54, 1.807) is 6.92 Å². The first kappa shape index (κ1) is 18.3. The van der Waals surface area contributed by atoms with Crippen molar-refractivity contribution in [1.82, 2.24) is 14.4 Å². The molecule has 2 saturated heterocycles. The van der Waals surface area contributed by atoms with Crippen molar-refractivity contribution in [3.63, 3.8) is 0 Å². The molecule has 0 radical (unpaired) electrons. The van der Waals surface area contributed by atoms with E-state index in [4.69, 9.17) is 4.74 Å². The smallest absolute Gasteiger partial charge is 0.266 e. The molecule has 0 aliphatic carbocycles. The maximum atomic E-state index is 13.3. The summed E-state index contributed by atoms with van der Waals surface area (Å²) in [7, 11) is 0. The van der Waals surface area contributed by atoms with Crippen molar-refractivity contribution < 1.29 is 14.3 Å². The van der Waals surface area contributed by atoms with E-state index < -0.39 is 0 Å². The van der Waals surface area contributed by atoms with E-state index in [1.165, 1.54) is 11.3 Å². The Labute approximate surface area is 163 Å². The van der Waals surface area contributed by atoms with Crippen LogP contribution in [-0.2, 0) is 9.53 Å². The van der Waals surface area contributed by atoms with Crippen molar-refractivity contribution in [2.24, 2.45) is 0 Å². The van der Waals surface area contributed by atoms with Gasteiger partial charge in [0.2, 0.25) is 5.91 Å². The molecule has 144 valence electrons. The molecule has 0 bridgehead atoms. The number of aromatic nitrogens is 1. The fourth-order valence-electron chi connectivity index (χ4n) is 4.32. The Kier molecular flexibility index (Phi) is 5.06. The van der Waals surface area contributed by atoms with Crippen LogP contribution >= 0.6 is 11.3 Å². The summed E-state index contributed by atoms with van der Waals surface area (Å²) in [4.78, 5) is 30.3. The summed E-state index contributed by atoms with van der Waals surface area (Å²) in [5.41, 5.74) is 0.751. The number of hydrogen-bond acceptors (Lipinski definition) is 4. The van der Waals surface area contributed by atoms with Gasteiger partial charge >= 0.3 is 0 Å². The van der Waals surface area contributed by atoms with Gasteiger partial charge in [-0.2, -0.15) is 0 Å². The second kappa shape index (κ2) is 7.48. The van der Waals surface area contributed by atoms with Gasteiger partial charge in [-0.05, 0) is 42.8 Å². The molecule has 4 heterocycles. The molecule has 2 fully saturated rings. The predicted molar refractivity (Wildman–Crippen MR) is 104 cm³/mol. The van der Waals surface area contributed by atoms with Gasteiger partial charge in [0, 0.05) is 57.7 Å². The highest BCUT2D eigenvalue weighted by molar-refractivity contribution is 7.12. The first-order valence-corrected chi connectivity index (χ1v) is 10.3. The van der Waals surface area contributed by atoms with Crippen molar-refractivity contribution in [2.45, 2.75) is 31.7 Å². The predicted octanol–water partition coefficient (Wildman–Crippen LogP) is 2.78. The summed E-state index contributed by atoms with van der Waals surface area (Å²) in [6.07, 6.45) is 6.42. The normalized spacial score (nSPS) is 19.9. The van der Waals surface area contributed by atoms with Gasteiger partial charge in [0.25, 0.3) is 5.91 Å². The second-order valence-corrected chi connectivity index (χ2v) is 8.19. The standard InChI is InChI=1S/C20H25N3O3S/c1-16(24)23-12-11-22(10-5-20(23)6-13-26-14-7-20)19(25)18-17(4-15-27-18)21-8-2-3-9-21/h2-4,8-9,15H,5-7,10-14H2,1H3. The van der Waals surface area contributed by atoms with Gasteiger partial charge in [-0.25, -0.2) is 0 Å². The van der Waals surface area contributed by atoms with Crippen LogP contribution in [0.5, 0.6) is 0 Å². The van der Waals surface area contributed by atoms with Gasteiger partial charge < -0.3 is 19.1 Å². The molecule has 2 aromatic heterocycles. The number of thiophene rings is 1. The van der Waals surface area contributed by atoms with Crippen LogP contribution in [0, 0.1) is 0 Å². The van der Waals surface area contributed by atoms with Crippen LogP contribution in [0.2, 0.25) is 0 Å². The Hall–Kier alpha value is -2.12. The molecule has 0 unspecified atom stereocenters. The summed E-state index contributed by atoms with van der Waals surface area (Å²) in [5, 5.41) is 1.96. The first-order valence-electron chi connectivity index (χ1n) is 9.47. The third kappa shape index (κ3) is 3.41. The Bertz CT molecular complexity index is 808. The fourth-order valence-corrected chi connectivity index (χ4v) is 5.18. The molecule has 0 N–H and O–H groups in total. The highest BCUT2D eigenvalue weighted by Gasteiger charge is 2.42. The van der Waals surface area contributed by atoms with Gasteiger partial charge in [0.1, 0.15) is 4.88 Å². The van der Waals surface area contributed by atoms with Crippen LogP contribution in [0.25, 0.3) is 5.69 Å². The summed E-state index contributed by atoms with van der Waals surface area (Å²) < 4.78 is 7.51. The van der Waals surface area contributed by atoms with Crippen LogP contribution < -0.4 is 0 Å². The third-order valence-corrected chi connectivity index (χ3v) is 6.72. The first-order chi connectivity index (χ1) is 13.1. The average Bonchev–Trinajstić information content (AvgIpc) is 3.32. The van der Waals surface area contributed by atoms with Crippen molar-refractivity contribution in [2.75, 3.05) is 32.8 Å². The molecule has 1 spiro atoms. The SMILES string of the molecule is CC(=O)N1CCN(C(=O)c2sccc2-n2cccc2)CCC12CCOCC2. The molecule has 0 atom stereocenters. The lowest BCUT2D eigenvalue weighted by atomic mass is 9.84. The molecule has 2 amide bonds. The van der Waals surface area contributed by atoms with Crippen molar-refractivity contribution in [3.05, 3.63) is 40.8 Å². The van der Waals surface area contributed by atoms with E-state index in [9.17, 15) is 9.59 Å². The Morgan fingerprint density at radius 3 is 2.52 bits per heavy atom. The Morgan fingerprint density at radius 1 is 1.07 bits per heavy atom. The lowest BCUT2D eigenvalue weighted by molar-refractivity contribution is -0.139. The molecule has 4 rings (SSSR count). The Balaban J connectivity index is 1.57. The van der Waals surface area contributed by atoms with E-state index in [-0.39, 0.29) is 17.4 Å². The van der Waals surface area contributed by atoms with Gasteiger partial charge in [-0.1, -0.05) is 0 Å². The van der Waals surface area contributed by atoms with Crippen LogP contribution in [-0.4, -0.2) is 64.6 Å². The van der Waals surface area contributed by atoms with Gasteiger partial charge in [0.05, 0.1) is 5.69 Å². The van der Waals surface area contributed by atoms with E-state index in [1.807, 2.05) is 50.3 Å². The monoisotopic (exact) mass is 387 g/mol. The number of amides is 2. The van der Waals surface area contributed by atoms with Crippen molar-refractivity contribution in [3.8, 4) is 5.69 Å². The summed E-state index contributed by atoms with van der Waals surface area (Å²) in [6.45, 7) is 4.83. The number of carbonyl (C=O) groups excluding carboxylic acids is 2. The molecule has 7 heteroatoms. The van der Waals surface area contributed by atoms with E-state index >= 15 is 0 Å². The number of ether oxygens (including phenoxy) is 1. The minimum atomic E-state index is -0.169. The largest absolute Gasteiger partial charge is 0.381 e. The maximum absolute atomic E-state index is 13.3. The second-order valence-electron chi connectivity index (χ2n) is 7.27. The highest BCUT2D eigenvalue weighted by atomic mass is 32.1. The molecular formula is C20H25N3O3S. The van der Waals surface area contributed by atoms with Crippen LogP contribution in [0.15, 0.2) is 36.0 Å². The zero-order chi connectivity index (χ0) is 18.9. The van der Waals surface area contributed by atoms with Crippen LogP contribution in [0.4, 0.5) is 0 Å². The number of carbonyl (C=O) groups is 2.